The molecule has 0 saturated heterocycles. The monoisotopic (exact) mass is 503 g/mol. The lowest BCUT2D eigenvalue weighted by Gasteiger charge is -2.09. The Hall–Kier alpha value is -3.42. The molecule has 3 heterocycles. The van der Waals surface area contributed by atoms with Crippen LogP contribution in [-0.2, 0) is 29.2 Å². The second-order valence-corrected chi connectivity index (χ2v) is 9.50. The highest BCUT2D eigenvalue weighted by Crippen LogP contribution is 2.34. The average molecular weight is 503 g/mol. The minimum atomic E-state index is -4.65. The lowest BCUT2D eigenvalue weighted by atomic mass is 10.1. The van der Waals surface area contributed by atoms with Gasteiger partial charge in [0.05, 0.1) is 23.1 Å². The highest BCUT2D eigenvalue weighted by molar-refractivity contribution is 7.91. The molecule has 0 aliphatic carbocycles. The standard InChI is InChI=1S/C20H15F6N5O2S/c1-3-34(32,33)18-17(31-10-15-14(29-31)8-13(9-27-15)20(24,25)26)28-16(30(18)2)11-4-6-12(7-5-11)19(21,22)23/h4-10H,3H2,1-2H3. The summed E-state index contributed by atoms with van der Waals surface area (Å²) in [5, 5.41) is 3.73. The van der Waals surface area contributed by atoms with Crippen molar-refractivity contribution in [1.82, 2.24) is 24.3 Å². The SMILES string of the molecule is CCS(=O)(=O)c1c(-n2cc3ncc(C(F)(F)F)cc3n2)nc(-c2ccc(C(F)(F)F)cc2)n1C. The Morgan fingerprint density at radius 2 is 1.56 bits per heavy atom. The van der Waals surface area contributed by atoms with Gasteiger partial charge in [-0.05, 0) is 18.2 Å². The second-order valence-electron chi connectivity index (χ2n) is 7.30. The van der Waals surface area contributed by atoms with Crippen molar-refractivity contribution in [3.63, 3.8) is 0 Å². The fourth-order valence-electron chi connectivity index (χ4n) is 3.34. The number of fused-ring (bicyclic) bond motifs is 1. The zero-order valence-electron chi connectivity index (χ0n) is 17.5. The topological polar surface area (TPSA) is 82.7 Å². The summed E-state index contributed by atoms with van der Waals surface area (Å²) in [5.41, 5.74) is -1.80. The van der Waals surface area contributed by atoms with E-state index in [9.17, 15) is 34.8 Å². The van der Waals surface area contributed by atoms with Crippen molar-refractivity contribution in [3.8, 4) is 17.2 Å². The van der Waals surface area contributed by atoms with E-state index in [2.05, 4.69) is 15.1 Å². The van der Waals surface area contributed by atoms with Crippen LogP contribution in [-0.4, -0.2) is 38.5 Å². The molecule has 4 rings (SSSR count). The van der Waals surface area contributed by atoms with E-state index >= 15 is 0 Å². The van der Waals surface area contributed by atoms with Gasteiger partial charge in [0.1, 0.15) is 16.9 Å². The molecule has 0 amide bonds. The van der Waals surface area contributed by atoms with Gasteiger partial charge in [-0.15, -0.1) is 0 Å². The van der Waals surface area contributed by atoms with Crippen LogP contribution < -0.4 is 0 Å². The summed E-state index contributed by atoms with van der Waals surface area (Å²) in [5.74, 6) is -0.520. The van der Waals surface area contributed by atoms with Gasteiger partial charge in [0.15, 0.2) is 20.7 Å². The molecule has 0 radical (unpaired) electrons. The van der Waals surface area contributed by atoms with Crippen LogP contribution in [0.1, 0.15) is 18.1 Å². The van der Waals surface area contributed by atoms with Crippen molar-refractivity contribution in [3.05, 3.63) is 53.9 Å². The van der Waals surface area contributed by atoms with Crippen LogP contribution in [0.25, 0.3) is 28.2 Å². The van der Waals surface area contributed by atoms with Crippen molar-refractivity contribution in [1.29, 1.82) is 0 Å². The van der Waals surface area contributed by atoms with Gasteiger partial charge in [-0.3, -0.25) is 4.98 Å². The lowest BCUT2D eigenvalue weighted by molar-refractivity contribution is -0.138. The van der Waals surface area contributed by atoms with E-state index in [1.54, 1.807) is 0 Å². The molecule has 0 atom stereocenters. The van der Waals surface area contributed by atoms with E-state index in [0.717, 1.165) is 35.0 Å². The van der Waals surface area contributed by atoms with Crippen molar-refractivity contribution < 1.29 is 34.8 Å². The summed E-state index contributed by atoms with van der Waals surface area (Å²) in [6, 6.07) is 4.74. The molecule has 7 nitrogen and oxygen atoms in total. The molecule has 4 aromatic rings. The lowest BCUT2D eigenvalue weighted by Crippen LogP contribution is -2.13. The number of pyridine rings is 1. The maximum absolute atomic E-state index is 13.0. The van der Waals surface area contributed by atoms with Crippen LogP contribution in [0.5, 0.6) is 0 Å². The van der Waals surface area contributed by atoms with E-state index < -0.39 is 33.3 Å². The Balaban J connectivity index is 1.91. The summed E-state index contributed by atoms with van der Waals surface area (Å²) in [6.07, 6.45) is -7.35. The van der Waals surface area contributed by atoms with Gasteiger partial charge >= 0.3 is 12.4 Å². The van der Waals surface area contributed by atoms with E-state index in [-0.39, 0.29) is 39.0 Å². The molecule has 0 fully saturated rings. The largest absolute Gasteiger partial charge is 0.417 e. The van der Waals surface area contributed by atoms with E-state index in [0.29, 0.717) is 6.20 Å². The zero-order valence-corrected chi connectivity index (χ0v) is 18.3. The van der Waals surface area contributed by atoms with Crippen LogP contribution in [0.15, 0.2) is 47.8 Å². The first kappa shape index (κ1) is 23.7. The smallest absolute Gasteiger partial charge is 0.316 e. The summed E-state index contributed by atoms with van der Waals surface area (Å²) in [7, 11) is -2.57. The van der Waals surface area contributed by atoms with Gasteiger partial charge in [-0.2, -0.15) is 31.4 Å². The first-order valence-corrected chi connectivity index (χ1v) is 11.3. The molecule has 0 bridgehead atoms. The van der Waals surface area contributed by atoms with Crippen molar-refractivity contribution in [2.24, 2.45) is 7.05 Å². The summed E-state index contributed by atoms with van der Waals surface area (Å²) in [6.45, 7) is 1.39. The Bertz CT molecular complexity index is 1480. The maximum Gasteiger partial charge on any atom is 0.417 e. The molecule has 0 N–H and O–H groups in total. The second kappa shape index (κ2) is 7.82. The first-order chi connectivity index (χ1) is 15.7. The molecule has 1 aromatic carbocycles. The van der Waals surface area contributed by atoms with Gasteiger partial charge < -0.3 is 4.57 Å². The molecular formula is C20H15F6N5O2S. The molecule has 14 heteroatoms. The van der Waals surface area contributed by atoms with Crippen molar-refractivity contribution >= 4 is 20.9 Å². The summed E-state index contributed by atoms with van der Waals surface area (Å²) < 4.78 is 106. The number of rotatable bonds is 4. The van der Waals surface area contributed by atoms with Crippen LogP contribution in [0.4, 0.5) is 26.3 Å². The van der Waals surface area contributed by atoms with Crippen LogP contribution in [0.3, 0.4) is 0 Å². The normalized spacial score (nSPS) is 13.1. The molecular weight excluding hydrogens is 488 g/mol. The zero-order chi connectivity index (χ0) is 25.1. The number of benzene rings is 1. The molecule has 0 saturated carbocycles. The Morgan fingerprint density at radius 3 is 2.12 bits per heavy atom. The van der Waals surface area contributed by atoms with Crippen LogP contribution >= 0.6 is 0 Å². The minimum Gasteiger partial charge on any atom is -0.316 e. The molecule has 180 valence electrons. The Labute approximate surface area is 188 Å². The van der Waals surface area contributed by atoms with E-state index in [1.165, 1.54) is 24.7 Å². The number of halogens is 6. The van der Waals surface area contributed by atoms with Gasteiger partial charge in [0, 0.05) is 18.8 Å². The summed E-state index contributed by atoms with van der Waals surface area (Å²) >= 11 is 0. The summed E-state index contributed by atoms with van der Waals surface area (Å²) in [4.78, 5) is 8.01. The van der Waals surface area contributed by atoms with Gasteiger partial charge in [0.2, 0.25) is 0 Å². The highest BCUT2D eigenvalue weighted by Gasteiger charge is 2.33. The van der Waals surface area contributed by atoms with Crippen LogP contribution in [0.2, 0.25) is 0 Å². The Kier molecular flexibility index (Phi) is 5.46. The molecule has 0 spiro atoms. The molecule has 34 heavy (non-hydrogen) atoms. The Morgan fingerprint density at radius 1 is 0.941 bits per heavy atom. The van der Waals surface area contributed by atoms with Gasteiger partial charge in [0.25, 0.3) is 0 Å². The van der Waals surface area contributed by atoms with Crippen LogP contribution in [0, 0.1) is 0 Å². The quantitative estimate of drug-likeness (QED) is 0.379. The molecule has 0 aliphatic rings. The number of imidazole rings is 1. The number of nitrogens with zero attached hydrogens (tertiary/aromatic N) is 5. The maximum atomic E-state index is 13.0. The molecule has 0 unspecified atom stereocenters. The number of hydrogen-bond acceptors (Lipinski definition) is 5. The average Bonchev–Trinajstić information content (AvgIpc) is 3.33. The fraction of sp³-hybridized carbons (Fsp3) is 0.250. The third-order valence-corrected chi connectivity index (χ3v) is 6.88. The van der Waals surface area contributed by atoms with E-state index in [4.69, 9.17) is 0 Å². The van der Waals surface area contributed by atoms with Gasteiger partial charge in [-0.25, -0.2) is 18.1 Å². The number of sulfone groups is 1. The minimum absolute atomic E-state index is 0.0271. The third-order valence-electron chi connectivity index (χ3n) is 5.07. The number of hydrogen-bond donors (Lipinski definition) is 0. The molecule has 0 aliphatic heterocycles. The van der Waals surface area contributed by atoms with Crippen molar-refractivity contribution in [2.75, 3.05) is 5.75 Å². The molecule has 3 aromatic heterocycles. The fourth-order valence-corrected chi connectivity index (χ4v) is 4.53. The van der Waals surface area contributed by atoms with Gasteiger partial charge in [-0.1, -0.05) is 19.1 Å². The predicted molar refractivity (Wildman–Crippen MR) is 109 cm³/mol. The highest BCUT2D eigenvalue weighted by atomic mass is 32.2. The number of alkyl halides is 6. The van der Waals surface area contributed by atoms with E-state index in [1.807, 2.05) is 0 Å². The number of aromatic nitrogens is 5. The predicted octanol–water partition coefficient (Wildman–Crippen LogP) is 4.65. The third kappa shape index (κ3) is 4.13. The van der Waals surface area contributed by atoms with Crippen molar-refractivity contribution in [2.45, 2.75) is 24.3 Å². The first-order valence-electron chi connectivity index (χ1n) is 9.62.